The molecule has 1 aromatic carbocycles. The van der Waals surface area contributed by atoms with Crippen LogP contribution >= 0.6 is 0 Å². The number of nitrogens with one attached hydrogen (secondary N) is 2. The van der Waals surface area contributed by atoms with Crippen LogP contribution in [-0.4, -0.2) is 85.5 Å². The normalized spacial score (nSPS) is 19.5. The van der Waals surface area contributed by atoms with Crippen molar-refractivity contribution in [2.45, 2.75) is 90.5 Å². The summed E-state index contributed by atoms with van der Waals surface area (Å²) in [6.45, 7) is 16.1. The van der Waals surface area contributed by atoms with Gasteiger partial charge in [0.05, 0.1) is 32.7 Å². The van der Waals surface area contributed by atoms with Crippen LogP contribution in [-0.2, 0) is 46.2 Å². The molecule has 0 saturated carbocycles. The first-order chi connectivity index (χ1) is 22.1. The summed E-state index contributed by atoms with van der Waals surface area (Å²) in [5.74, 6) is -2.23. The van der Waals surface area contributed by atoms with Gasteiger partial charge in [0, 0.05) is 6.42 Å². The molecule has 1 aliphatic heterocycles. The van der Waals surface area contributed by atoms with E-state index in [4.69, 9.17) is 18.9 Å². The molecule has 12 nitrogen and oxygen atoms in total. The molecule has 0 radical (unpaired) electrons. The van der Waals surface area contributed by atoms with Crippen LogP contribution in [0.5, 0.6) is 0 Å². The molecule has 0 aromatic heterocycles. The van der Waals surface area contributed by atoms with Crippen LogP contribution in [0.15, 0.2) is 37.4 Å². The Morgan fingerprint density at radius 3 is 2.40 bits per heavy atom. The van der Waals surface area contributed by atoms with Gasteiger partial charge in [0.1, 0.15) is 23.8 Å². The Labute approximate surface area is 277 Å². The van der Waals surface area contributed by atoms with Crippen LogP contribution in [0.2, 0.25) is 0 Å². The molecule has 2 aliphatic rings. The van der Waals surface area contributed by atoms with Crippen molar-refractivity contribution in [3.05, 3.63) is 54.1 Å². The Bertz CT molecular complexity index is 1350. The Balaban J connectivity index is 1.74. The third-order valence-corrected chi connectivity index (χ3v) is 8.14. The molecule has 4 atom stereocenters. The van der Waals surface area contributed by atoms with E-state index in [9.17, 15) is 24.0 Å². The summed E-state index contributed by atoms with van der Waals surface area (Å²) in [5.41, 5.74) is 1.93. The van der Waals surface area contributed by atoms with Crippen molar-refractivity contribution >= 4 is 36.1 Å². The first kappa shape index (κ1) is 37.1. The number of hydrogen-bond acceptors (Lipinski definition) is 9. The van der Waals surface area contributed by atoms with Crippen LogP contribution in [0.4, 0.5) is 9.59 Å². The van der Waals surface area contributed by atoms with Crippen LogP contribution in [0, 0.1) is 11.3 Å². The summed E-state index contributed by atoms with van der Waals surface area (Å²) in [4.78, 5) is 66.6. The number of ether oxygens (including phenoxy) is 4. The van der Waals surface area contributed by atoms with E-state index in [1.54, 1.807) is 32.9 Å². The van der Waals surface area contributed by atoms with Crippen LogP contribution < -0.4 is 10.6 Å². The average molecular weight is 656 g/mol. The fourth-order valence-corrected chi connectivity index (χ4v) is 5.69. The lowest BCUT2D eigenvalue weighted by Gasteiger charge is -2.29. The zero-order valence-electron chi connectivity index (χ0n) is 28.4. The zero-order valence-corrected chi connectivity index (χ0v) is 28.4. The van der Waals surface area contributed by atoms with Crippen molar-refractivity contribution in [2.75, 3.05) is 26.8 Å². The van der Waals surface area contributed by atoms with Crippen molar-refractivity contribution in [3.8, 4) is 0 Å². The van der Waals surface area contributed by atoms with E-state index in [0.29, 0.717) is 12.8 Å². The number of likely N-dealkylation sites (tertiary alicyclic amines) is 1. The molecule has 1 heterocycles. The molecular weight excluding hydrogens is 606 g/mol. The molecule has 3 amide bonds. The predicted molar refractivity (Wildman–Crippen MR) is 175 cm³/mol. The lowest BCUT2D eigenvalue weighted by Crippen LogP contribution is -2.56. The van der Waals surface area contributed by atoms with Crippen LogP contribution in [0.3, 0.4) is 0 Å². The maximum atomic E-state index is 14.0. The van der Waals surface area contributed by atoms with Gasteiger partial charge >= 0.3 is 24.1 Å². The van der Waals surface area contributed by atoms with E-state index in [1.165, 1.54) is 12.0 Å². The molecule has 258 valence electrons. The summed E-state index contributed by atoms with van der Waals surface area (Å²) in [5, 5.41) is 5.04. The highest BCUT2D eigenvalue weighted by molar-refractivity contribution is 5.91. The van der Waals surface area contributed by atoms with Crippen molar-refractivity contribution in [1.82, 2.24) is 15.5 Å². The smallest absolute Gasteiger partial charge is 0.407 e. The van der Waals surface area contributed by atoms with Gasteiger partial charge in [0.25, 0.3) is 0 Å². The number of benzene rings is 1. The quantitative estimate of drug-likeness (QED) is 0.180. The lowest BCUT2D eigenvalue weighted by molar-refractivity contribution is -0.153. The highest BCUT2D eigenvalue weighted by Crippen LogP contribution is 2.32. The number of methoxy groups -OCH3 is 1. The van der Waals surface area contributed by atoms with Gasteiger partial charge in [-0.2, -0.15) is 0 Å². The Morgan fingerprint density at radius 2 is 1.77 bits per heavy atom. The van der Waals surface area contributed by atoms with E-state index in [0.717, 1.165) is 29.5 Å². The number of rotatable bonds is 13. The molecule has 1 aromatic rings. The summed E-state index contributed by atoms with van der Waals surface area (Å²) in [6.07, 6.45) is 3.55. The van der Waals surface area contributed by atoms with Crippen LogP contribution in [0.25, 0.3) is 6.08 Å². The van der Waals surface area contributed by atoms with Crippen molar-refractivity contribution in [1.29, 1.82) is 0 Å². The number of hydrogen-bond donors (Lipinski definition) is 2. The Hall–Kier alpha value is -4.35. The molecule has 1 saturated heterocycles. The highest BCUT2D eigenvalue weighted by Gasteiger charge is 2.45. The SMILES string of the molecule is C=CCCC(C)(C)COC(=O)NC(CNC(=O)OC(C)(C)C)C(=O)N1CC(OC(=O)C2Cc3cccc(C=C)c3C2)CC1C(=O)OC. The molecular formula is C35H49N3O9. The zero-order chi connectivity index (χ0) is 34.9. The fraction of sp³-hybridized carbons (Fsp3) is 0.571. The molecule has 4 unspecified atom stereocenters. The third-order valence-electron chi connectivity index (χ3n) is 8.14. The Kier molecular flexibility index (Phi) is 12.6. The molecule has 1 aliphatic carbocycles. The summed E-state index contributed by atoms with van der Waals surface area (Å²) >= 11 is 0. The first-order valence-corrected chi connectivity index (χ1v) is 15.9. The number of alkyl carbamates (subject to hydrolysis) is 2. The predicted octanol–water partition coefficient (Wildman–Crippen LogP) is 4.34. The second-order valence-corrected chi connectivity index (χ2v) is 13.8. The van der Waals surface area contributed by atoms with Crippen LogP contribution in [0.1, 0.15) is 70.6 Å². The minimum Gasteiger partial charge on any atom is -0.467 e. The molecule has 0 bridgehead atoms. The number of carbonyl (C=O) groups excluding carboxylic acids is 5. The monoisotopic (exact) mass is 655 g/mol. The van der Waals surface area contributed by atoms with Crippen molar-refractivity contribution in [2.24, 2.45) is 11.3 Å². The number of fused-ring (bicyclic) bond motifs is 1. The Morgan fingerprint density at radius 1 is 1.04 bits per heavy atom. The number of nitrogens with zero attached hydrogens (tertiary/aromatic N) is 1. The third kappa shape index (κ3) is 10.6. The van der Waals surface area contributed by atoms with Gasteiger partial charge in [-0.3, -0.25) is 9.59 Å². The van der Waals surface area contributed by atoms with Gasteiger partial charge in [-0.1, -0.05) is 50.8 Å². The summed E-state index contributed by atoms with van der Waals surface area (Å²) in [6, 6.07) is 3.42. The van der Waals surface area contributed by atoms with Gasteiger partial charge < -0.3 is 34.5 Å². The van der Waals surface area contributed by atoms with Gasteiger partial charge in [0.2, 0.25) is 5.91 Å². The summed E-state index contributed by atoms with van der Waals surface area (Å²) in [7, 11) is 1.20. The lowest BCUT2D eigenvalue weighted by atomic mass is 9.89. The molecule has 1 fully saturated rings. The summed E-state index contributed by atoms with van der Waals surface area (Å²) < 4.78 is 21.5. The van der Waals surface area contributed by atoms with E-state index >= 15 is 0 Å². The minimum absolute atomic E-state index is 0.00980. The van der Waals surface area contributed by atoms with Crippen molar-refractivity contribution in [3.63, 3.8) is 0 Å². The molecule has 47 heavy (non-hydrogen) atoms. The number of esters is 2. The van der Waals surface area contributed by atoms with Gasteiger partial charge in [0.15, 0.2) is 0 Å². The van der Waals surface area contributed by atoms with E-state index in [2.05, 4.69) is 23.8 Å². The van der Waals surface area contributed by atoms with Crippen molar-refractivity contribution < 1.29 is 42.9 Å². The average Bonchev–Trinajstić information content (AvgIpc) is 3.64. The molecule has 3 rings (SSSR count). The minimum atomic E-state index is -1.34. The molecule has 0 spiro atoms. The number of allylic oxidation sites excluding steroid dienone is 1. The van der Waals surface area contributed by atoms with E-state index in [-0.39, 0.29) is 31.5 Å². The topological polar surface area (TPSA) is 150 Å². The highest BCUT2D eigenvalue weighted by atomic mass is 16.6. The van der Waals surface area contributed by atoms with E-state index < -0.39 is 59.7 Å². The van der Waals surface area contributed by atoms with Gasteiger partial charge in [-0.15, -0.1) is 6.58 Å². The standard InChI is InChI=1S/C35H49N3O9/c1-9-11-15-35(6,7)21-45-33(43)37-27(19-36-32(42)47-34(3,4)5)29(39)38-20-25(18-28(38)31(41)44-8)46-30(40)24-16-23-14-12-13-22(10-2)26(23)17-24/h9-10,12-14,24-25,27-28H,1-2,11,15-21H2,3-8H3,(H,36,42)(H,37,43). The number of amides is 3. The fourth-order valence-electron chi connectivity index (χ4n) is 5.69. The maximum absolute atomic E-state index is 14.0. The molecule has 12 heteroatoms. The second kappa shape index (κ2) is 16.0. The number of carbonyl (C=O) groups is 5. The largest absolute Gasteiger partial charge is 0.467 e. The van der Waals surface area contributed by atoms with E-state index in [1.807, 2.05) is 32.0 Å². The molecule has 2 N–H and O–H groups in total. The van der Waals surface area contributed by atoms with Gasteiger partial charge in [-0.25, -0.2) is 14.4 Å². The maximum Gasteiger partial charge on any atom is 0.407 e. The second-order valence-electron chi connectivity index (χ2n) is 13.8. The first-order valence-electron chi connectivity index (χ1n) is 15.9. The van der Waals surface area contributed by atoms with Gasteiger partial charge in [-0.05, 0) is 68.6 Å².